The molecular formula is C15H9ClN4O3S. The molecule has 0 unspecified atom stereocenters. The highest BCUT2D eigenvalue weighted by Crippen LogP contribution is 2.30. The molecule has 24 heavy (non-hydrogen) atoms. The van der Waals surface area contributed by atoms with Crippen LogP contribution in [-0.2, 0) is 5.75 Å². The van der Waals surface area contributed by atoms with Crippen LogP contribution in [0, 0.1) is 10.1 Å². The molecule has 7 nitrogen and oxygen atoms in total. The third kappa shape index (κ3) is 2.59. The van der Waals surface area contributed by atoms with E-state index in [0.717, 1.165) is 11.3 Å². The number of fused-ring (bicyclic) bond motifs is 2. The fourth-order valence-electron chi connectivity index (χ4n) is 2.31. The maximum absolute atomic E-state index is 10.8. The summed E-state index contributed by atoms with van der Waals surface area (Å²) in [4.78, 5) is 19.1. The lowest BCUT2D eigenvalue weighted by atomic mass is 10.3. The summed E-state index contributed by atoms with van der Waals surface area (Å²) < 4.78 is 7.39. The molecule has 0 radical (unpaired) electrons. The van der Waals surface area contributed by atoms with Crippen molar-refractivity contribution in [3.8, 4) is 0 Å². The predicted molar refractivity (Wildman–Crippen MR) is 90.4 cm³/mol. The van der Waals surface area contributed by atoms with Gasteiger partial charge in [-0.2, -0.15) is 0 Å². The van der Waals surface area contributed by atoms with Crippen LogP contribution in [0.3, 0.4) is 0 Å². The van der Waals surface area contributed by atoms with E-state index >= 15 is 0 Å². The fraction of sp³-hybridized carbons (Fsp3) is 0.0667. The molecule has 4 rings (SSSR count). The van der Waals surface area contributed by atoms with Crippen molar-refractivity contribution in [1.29, 1.82) is 0 Å². The minimum Gasteiger partial charge on any atom is -0.431 e. The number of imidazole rings is 1. The first-order valence-corrected chi connectivity index (χ1v) is 8.27. The first-order valence-electron chi connectivity index (χ1n) is 6.91. The van der Waals surface area contributed by atoms with Gasteiger partial charge in [-0.05, 0) is 18.2 Å². The lowest BCUT2D eigenvalue weighted by Crippen LogP contribution is -1.86. The number of pyridine rings is 1. The topological polar surface area (TPSA) is 86.5 Å². The van der Waals surface area contributed by atoms with Crippen molar-refractivity contribution in [2.75, 3.05) is 0 Å². The number of rotatable bonds is 4. The van der Waals surface area contributed by atoms with Gasteiger partial charge in [0.25, 0.3) is 10.9 Å². The van der Waals surface area contributed by atoms with Crippen LogP contribution in [0.5, 0.6) is 0 Å². The van der Waals surface area contributed by atoms with Crippen LogP contribution in [0.2, 0.25) is 5.15 Å². The van der Waals surface area contributed by atoms with E-state index in [2.05, 4.69) is 9.97 Å². The van der Waals surface area contributed by atoms with Gasteiger partial charge in [-0.1, -0.05) is 29.4 Å². The Bertz CT molecular complexity index is 1080. The molecule has 0 spiro atoms. The third-order valence-electron chi connectivity index (χ3n) is 3.43. The number of oxazole rings is 1. The number of thioether (sulfide) groups is 1. The van der Waals surface area contributed by atoms with Crippen molar-refractivity contribution in [2.45, 2.75) is 11.0 Å². The fourth-order valence-corrected chi connectivity index (χ4v) is 3.41. The standard InChI is InChI=1S/C15H9ClN4O3S/c16-14-11(17-13-3-1-2-6-19(13)14)8-24-15-18-10-7-9(20(21)22)4-5-12(10)23-15/h1-7H,8H2. The van der Waals surface area contributed by atoms with E-state index in [1.807, 2.05) is 24.4 Å². The highest BCUT2D eigenvalue weighted by molar-refractivity contribution is 7.98. The Morgan fingerprint density at radius 3 is 2.96 bits per heavy atom. The summed E-state index contributed by atoms with van der Waals surface area (Å²) in [5.74, 6) is 0.482. The molecule has 0 N–H and O–H groups in total. The zero-order valence-corrected chi connectivity index (χ0v) is 13.6. The minimum atomic E-state index is -0.461. The number of nitrogens with zero attached hydrogens (tertiary/aromatic N) is 4. The SMILES string of the molecule is O=[N+]([O-])c1ccc2oc(SCc3nc4ccccn4c3Cl)nc2c1. The summed E-state index contributed by atoms with van der Waals surface area (Å²) >= 11 is 7.65. The molecule has 0 atom stereocenters. The van der Waals surface area contributed by atoms with Crippen LogP contribution in [0.4, 0.5) is 5.69 Å². The van der Waals surface area contributed by atoms with Crippen LogP contribution in [0.25, 0.3) is 16.7 Å². The molecule has 0 aliphatic rings. The van der Waals surface area contributed by atoms with Crippen molar-refractivity contribution in [3.05, 3.63) is 63.6 Å². The number of hydrogen-bond acceptors (Lipinski definition) is 6. The number of non-ortho nitro benzene ring substituents is 1. The Balaban J connectivity index is 1.59. The van der Waals surface area contributed by atoms with Gasteiger partial charge in [0.1, 0.15) is 16.3 Å². The van der Waals surface area contributed by atoms with E-state index in [0.29, 0.717) is 27.2 Å². The second-order valence-corrected chi connectivity index (χ2v) is 6.24. The average molecular weight is 361 g/mol. The van der Waals surface area contributed by atoms with Gasteiger partial charge in [-0.25, -0.2) is 9.97 Å². The summed E-state index contributed by atoms with van der Waals surface area (Å²) in [5.41, 5.74) is 2.43. The van der Waals surface area contributed by atoms with Gasteiger partial charge in [0, 0.05) is 24.1 Å². The normalized spacial score (nSPS) is 11.4. The van der Waals surface area contributed by atoms with Crippen molar-refractivity contribution in [3.63, 3.8) is 0 Å². The second kappa shape index (κ2) is 5.81. The zero-order chi connectivity index (χ0) is 16.7. The van der Waals surface area contributed by atoms with E-state index in [1.54, 1.807) is 10.5 Å². The van der Waals surface area contributed by atoms with E-state index < -0.39 is 4.92 Å². The maximum Gasteiger partial charge on any atom is 0.271 e. The molecule has 0 saturated carbocycles. The number of halogens is 1. The highest BCUT2D eigenvalue weighted by Gasteiger charge is 2.14. The lowest BCUT2D eigenvalue weighted by Gasteiger charge is -1.94. The highest BCUT2D eigenvalue weighted by atomic mass is 35.5. The summed E-state index contributed by atoms with van der Waals surface area (Å²) in [5, 5.41) is 11.8. The summed E-state index contributed by atoms with van der Waals surface area (Å²) in [6, 6.07) is 9.97. The Labute approximate surface area is 144 Å². The molecule has 3 aromatic heterocycles. The van der Waals surface area contributed by atoms with Crippen LogP contribution >= 0.6 is 23.4 Å². The molecule has 4 aromatic rings. The van der Waals surface area contributed by atoms with Gasteiger partial charge in [-0.15, -0.1) is 0 Å². The van der Waals surface area contributed by atoms with Crippen molar-refractivity contribution >= 4 is 45.8 Å². The minimum absolute atomic E-state index is 0.0178. The Hall–Kier alpha value is -2.58. The van der Waals surface area contributed by atoms with Gasteiger partial charge >= 0.3 is 0 Å². The van der Waals surface area contributed by atoms with Crippen LogP contribution in [0.15, 0.2) is 52.2 Å². The van der Waals surface area contributed by atoms with Crippen molar-refractivity contribution < 1.29 is 9.34 Å². The van der Waals surface area contributed by atoms with Crippen LogP contribution < -0.4 is 0 Å². The van der Waals surface area contributed by atoms with E-state index in [4.69, 9.17) is 16.0 Å². The zero-order valence-electron chi connectivity index (χ0n) is 12.0. The molecular weight excluding hydrogens is 352 g/mol. The summed E-state index contributed by atoms with van der Waals surface area (Å²) in [7, 11) is 0. The van der Waals surface area contributed by atoms with Gasteiger partial charge in [0.15, 0.2) is 5.58 Å². The predicted octanol–water partition coefficient (Wildman–Crippen LogP) is 4.33. The second-order valence-electron chi connectivity index (χ2n) is 4.96. The molecule has 9 heteroatoms. The Kier molecular flexibility index (Phi) is 3.62. The molecule has 0 aliphatic heterocycles. The van der Waals surface area contributed by atoms with Gasteiger partial charge in [0.05, 0.1) is 10.6 Å². The number of nitro groups is 1. The monoisotopic (exact) mass is 360 g/mol. The van der Waals surface area contributed by atoms with Gasteiger partial charge < -0.3 is 4.42 Å². The summed E-state index contributed by atoms with van der Waals surface area (Å²) in [6.07, 6.45) is 1.84. The quantitative estimate of drug-likeness (QED) is 0.306. The summed E-state index contributed by atoms with van der Waals surface area (Å²) in [6.45, 7) is 0. The average Bonchev–Trinajstić information content (AvgIpc) is 3.13. The molecule has 0 amide bonds. The molecule has 1 aromatic carbocycles. The van der Waals surface area contributed by atoms with E-state index in [9.17, 15) is 10.1 Å². The molecule has 3 heterocycles. The number of benzene rings is 1. The molecule has 0 fully saturated rings. The van der Waals surface area contributed by atoms with Crippen molar-refractivity contribution in [1.82, 2.24) is 14.4 Å². The molecule has 0 bridgehead atoms. The molecule has 0 aliphatic carbocycles. The Morgan fingerprint density at radius 1 is 1.29 bits per heavy atom. The largest absolute Gasteiger partial charge is 0.431 e. The first-order chi connectivity index (χ1) is 11.6. The third-order valence-corrected chi connectivity index (χ3v) is 4.67. The number of hydrogen-bond donors (Lipinski definition) is 0. The first kappa shape index (κ1) is 15.0. The van der Waals surface area contributed by atoms with E-state index in [-0.39, 0.29) is 5.69 Å². The Morgan fingerprint density at radius 2 is 2.17 bits per heavy atom. The van der Waals surface area contributed by atoms with Crippen LogP contribution in [-0.4, -0.2) is 19.3 Å². The molecule has 0 saturated heterocycles. The molecule has 120 valence electrons. The van der Waals surface area contributed by atoms with Gasteiger partial charge in [0.2, 0.25) is 0 Å². The van der Waals surface area contributed by atoms with Gasteiger partial charge in [-0.3, -0.25) is 14.5 Å². The van der Waals surface area contributed by atoms with E-state index in [1.165, 1.54) is 23.9 Å². The number of aromatic nitrogens is 3. The lowest BCUT2D eigenvalue weighted by molar-refractivity contribution is -0.384. The van der Waals surface area contributed by atoms with Crippen LogP contribution in [0.1, 0.15) is 5.69 Å². The maximum atomic E-state index is 10.8. The number of nitro benzene ring substituents is 1. The van der Waals surface area contributed by atoms with Crippen molar-refractivity contribution in [2.24, 2.45) is 0 Å². The smallest absolute Gasteiger partial charge is 0.271 e.